The normalized spacial score (nSPS) is 25.7. The maximum Gasteiger partial charge on any atom is 0.157 e. The first-order valence-electron chi connectivity index (χ1n) is 8.81. The lowest BCUT2D eigenvalue weighted by molar-refractivity contribution is -0.0602. The highest BCUT2D eigenvalue weighted by molar-refractivity contribution is 5.75. The molecule has 2 aliphatic rings. The van der Waals surface area contributed by atoms with Crippen molar-refractivity contribution < 1.29 is 4.74 Å². The molecule has 0 spiro atoms. The van der Waals surface area contributed by atoms with E-state index in [2.05, 4.69) is 35.2 Å². The highest BCUT2D eigenvalue weighted by atomic mass is 16.5. The summed E-state index contributed by atoms with van der Waals surface area (Å²) in [5.74, 6) is 2.13. The van der Waals surface area contributed by atoms with Gasteiger partial charge in [0.25, 0.3) is 0 Å². The number of hydrogen-bond donors (Lipinski definition) is 2. The number of rotatable bonds is 2. The number of H-pyrrole nitrogens is 1. The summed E-state index contributed by atoms with van der Waals surface area (Å²) in [5.41, 5.74) is 3.33. The lowest BCUT2D eigenvalue weighted by atomic mass is 9.88. The largest absolute Gasteiger partial charge is 0.376 e. The molecule has 0 bridgehead atoms. The number of nitrogens with zero attached hydrogens (tertiary/aromatic N) is 2. The number of imidazole rings is 1. The second kappa shape index (κ2) is 5.87. The molecule has 2 aromatic rings. The molecule has 0 radical (unpaired) electrons. The van der Waals surface area contributed by atoms with Crippen LogP contribution in [0.15, 0.2) is 12.3 Å². The minimum atomic E-state index is -0.0623. The summed E-state index contributed by atoms with van der Waals surface area (Å²) < 4.78 is 5.85. The van der Waals surface area contributed by atoms with Crippen LogP contribution in [0.3, 0.4) is 0 Å². The van der Waals surface area contributed by atoms with Crippen LogP contribution in [0.5, 0.6) is 0 Å². The highest BCUT2D eigenvalue weighted by Gasteiger charge is 2.32. The minimum absolute atomic E-state index is 0.0623. The molecule has 1 atom stereocenters. The molecule has 0 aromatic carbocycles. The SMILES string of the molecule is CC1(C)C[C@H](c2nc3c(C4CCNCC4)ccnc3[nH]2)CCO1. The predicted molar refractivity (Wildman–Crippen MR) is 90.7 cm³/mol. The number of hydrogen-bond acceptors (Lipinski definition) is 4. The van der Waals surface area contributed by atoms with Gasteiger partial charge in [0.15, 0.2) is 5.65 Å². The number of aromatic amines is 1. The summed E-state index contributed by atoms with van der Waals surface area (Å²) in [7, 11) is 0. The fourth-order valence-electron chi connectivity index (χ4n) is 4.07. The monoisotopic (exact) mass is 314 g/mol. The Balaban J connectivity index is 1.67. The van der Waals surface area contributed by atoms with Crippen molar-refractivity contribution in [3.05, 3.63) is 23.7 Å². The van der Waals surface area contributed by atoms with Crippen molar-refractivity contribution in [3.8, 4) is 0 Å². The Kier molecular flexibility index (Phi) is 3.85. The molecule has 4 heterocycles. The second-order valence-corrected chi connectivity index (χ2v) is 7.54. The van der Waals surface area contributed by atoms with Crippen molar-refractivity contribution in [2.45, 2.75) is 57.0 Å². The van der Waals surface area contributed by atoms with Gasteiger partial charge in [0.1, 0.15) is 11.3 Å². The zero-order valence-corrected chi connectivity index (χ0v) is 14.1. The van der Waals surface area contributed by atoms with Crippen LogP contribution in [0.25, 0.3) is 11.2 Å². The average molecular weight is 314 g/mol. The fraction of sp³-hybridized carbons (Fsp3) is 0.667. The van der Waals surface area contributed by atoms with Crippen molar-refractivity contribution in [2.75, 3.05) is 19.7 Å². The van der Waals surface area contributed by atoms with Gasteiger partial charge in [-0.15, -0.1) is 0 Å². The lowest BCUT2D eigenvalue weighted by Crippen LogP contribution is -2.33. The van der Waals surface area contributed by atoms with Gasteiger partial charge in [-0.1, -0.05) is 0 Å². The van der Waals surface area contributed by atoms with Crippen molar-refractivity contribution in [2.24, 2.45) is 0 Å². The molecule has 0 aliphatic carbocycles. The molecule has 4 rings (SSSR count). The van der Waals surface area contributed by atoms with E-state index in [0.29, 0.717) is 11.8 Å². The quantitative estimate of drug-likeness (QED) is 0.894. The molecular weight excluding hydrogens is 288 g/mol. The molecule has 2 fully saturated rings. The number of fused-ring (bicyclic) bond motifs is 1. The van der Waals surface area contributed by atoms with E-state index in [1.807, 2.05) is 6.20 Å². The van der Waals surface area contributed by atoms with Crippen LogP contribution in [0.4, 0.5) is 0 Å². The van der Waals surface area contributed by atoms with Gasteiger partial charge in [0.05, 0.1) is 5.60 Å². The maximum absolute atomic E-state index is 5.85. The fourth-order valence-corrected chi connectivity index (χ4v) is 4.07. The standard InChI is InChI=1S/C18H26N4O/c1-18(2)11-13(6-10-23-18)16-21-15-14(5-9-20-17(15)22-16)12-3-7-19-8-4-12/h5,9,12-13,19H,3-4,6-8,10-11H2,1-2H3,(H,20,21,22)/t13-/m1/s1. The van der Waals surface area contributed by atoms with Crippen LogP contribution >= 0.6 is 0 Å². The van der Waals surface area contributed by atoms with E-state index in [-0.39, 0.29) is 5.60 Å². The molecule has 0 amide bonds. The second-order valence-electron chi connectivity index (χ2n) is 7.54. The van der Waals surface area contributed by atoms with Crippen LogP contribution in [-0.4, -0.2) is 40.2 Å². The van der Waals surface area contributed by atoms with Gasteiger partial charge in [-0.3, -0.25) is 0 Å². The molecule has 2 N–H and O–H groups in total. The van der Waals surface area contributed by atoms with Crippen molar-refractivity contribution in [1.82, 2.24) is 20.3 Å². The Morgan fingerprint density at radius 3 is 2.78 bits per heavy atom. The number of pyridine rings is 1. The van der Waals surface area contributed by atoms with Gasteiger partial charge in [0.2, 0.25) is 0 Å². The molecule has 124 valence electrons. The Morgan fingerprint density at radius 2 is 2.00 bits per heavy atom. The first-order valence-corrected chi connectivity index (χ1v) is 8.81. The van der Waals surface area contributed by atoms with E-state index >= 15 is 0 Å². The smallest absolute Gasteiger partial charge is 0.157 e. The van der Waals surface area contributed by atoms with Gasteiger partial charge in [-0.25, -0.2) is 9.97 Å². The van der Waals surface area contributed by atoms with E-state index in [0.717, 1.165) is 49.5 Å². The number of aromatic nitrogens is 3. The molecule has 5 nitrogen and oxygen atoms in total. The lowest BCUT2D eigenvalue weighted by Gasteiger charge is -2.34. The Hall–Kier alpha value is -1.46. The Bertz CT molecular complexity index is 687. The van der Waals surface area contributed by atoms with Gasteiger partial charge in [0, 0.05) is 18.7 Å². The van der Waals surface area contributed by atoms with Crippen LogP contribution in [-0.2, 0) is 4.74 Å². The molecule has 0 unspecified atom stereocenters. The molecule has 2 aliphatic heterocycles. The molecule has 23 heavy (non-hydrogen) atoms. The van der Waals surface area contributed by atoms with Crippen LogP contribution < -0.4 is 5.32 Å². The third-order valence-corrected chi connectivity index (χ3v) is 5.30. The van der Waals surface area contributed by atoms with Crippen LogP contribution in [0.1, 0.15) is 62.8 Å². The van der Waals surface area contributed by atoms with Gasteiger partial charge in [-0.2, -0.15) is 0 Å². The molecule has 2 saturated heterocycles. The number of nitrogens with one attached hydrogen (secondary N) is 2. The summed E-state index contributed by atoms with van der Waals surface area (Å²) in [6.45, 7) is 7.34. The molecule has 2 aromatic heterocycles. The highest BCUT2D eigenvalue weighted by Crippen LogP contribution is 2.36. The summed E-state index contributed by atoms with van der Waals surface area (Å²) in [4.78, 5) is 13.0. The van der Waals surface area contributed by atoms with Gasteiger partial charge >= 0.3 is 0 Å². The van der Waals surface area contributed by atoms with E-state index < -0.39 is 0 Å². The molecular formula is C18H26N4O. The number of ether oxygens (including phenoxy) is 1. The summed E-state index contributed by atoms with van der Waals surface area (Å²) in [6.07, 6.45) is 6.34. The topological polar surface area (TPSA) is 62.8 Å². The van der Waals surface area contributed by atoms with Crippen molar-refractivity contribution >= 4 is 11.2 Å². The number of piperidine rings is 1. The minimum Gasteiger partial charge on any atom is -0.376 e. The van der Waals surface area contributed by atoms with E-state index in [4.69, 9.17) is 9.72 Å². The molecule has 5 heteroatoms. The predicted octanol–water partition coefficient (Wildman–Crippen LogP) is 3.10. The zero-order valence-electron chi connectivity index (χ0n) is 14.1. The Morgan fingerprint density at radius 1 is 1.17 bits per heavy atom. The van der Waals surface area contributed by atoms with Crippen LogP contribution in [0.2, 0.25) is 0 Å². The van der Waals surface area contributed by atoms with E-state index in [9.17, 15) is 0 Å². The van der Waals surface area contributed by atoms with Gasteiger partial charge < -0.3 is 15.0 Å². The first-order chi connectivity index (χ1) is 11.1. The van der Waals surface area contributed by atoms with E-state index in [1.54, 1.807) is 0 Å². The summed E-state index contributed by atoms with van der Waals surface area (Å²) >= 11 is 0. The Labute approximate surface area is 137 Å². The van der Waals surface area contributed by atoms with E-state index in [1.165, 1.54) is 18.4 Å². The maximum atomic E-state index is 5.85. The van der Waals surface area contributed by atoms with Crippen molar-refractivity contribution in [1.29, 1.82) is 0 Å². The zero-order chi connectivity index (χ0) is 15.9. The average Bonchev–Trinajstić information content (AvgIpc) is 2.99. The third kappa shape index (κ3) is 3.00. The third-order valence-electron chi connectivity index (χ3n) is 5.30. The molecule has 0 saturated carbocycles. The van der Waals surface area contributed by atoms with Gasteiger partial charge in [-0.05, 0) is 70.2 Å². The summed E-state index contributed by atoms with van der Waals surface area (Å²) in [6, 6.07) is 2.16. The van der Waals surface area contributed by atoms with Crippen molar-refractivity contribution in [3.63, 3.8) is 0 Å². The summed E-state index contributed by atoms with van der Waals surface area (Å²) in [5, 5.41) is 3.44. The van der Waals surface area contributed by atoms with Crippen LogP contribution in [0, 0.1) is 0 Å². The first kappa shape index (κ1) is 15.1.